The first-order valence-electron chi connectivity index (χ1n) is 8.91. The summed E-state index contributed by atoms with van der Waals surface area (Å²) in [6.45, 7) is 15.6. The molecular weight excluding hydrogens is 260 g/mol. The Morgan fingerprint density at radius 2 is 1.33 bits per heavy atom. The van der Waals surface area contributed by atoms with Crippen molar-refractivity contribution in [3.8, 4) is 0 Å². The summed E-state index contributed by atoms with van der Waals surface area (Å²) < 4.78 is 1.16. The number of hydrogen-bond donors (Lipinski definition) is 0. The third kappa shape index (κ3) is 4.43. The molecule has 21 heavy (non-hydrogen) atoms. The number of hydroxylamine groups is 2. The second-order valence-electron chi connectivity index (χ2n) is 8.62. The fourth-order valence-electron chi connectivity index (χ4n) is 4.17. The van der Waals surface area contributed by atoms with Crippen LogP contribution in [0.5, 0.6) is 0 Å². The van der Waals surface area contributed by atoms with Gasteiger partial charge in [0.15, 0.2) is 0 Å². The van der Waals surface area contributed by atoms with E-state index in [2.05, 4.69) is 48.6 Å². The maximum Gasteiger partial charge on any atom is 0.0925 e. The fourth-order valence-corrected chi connectivity index (χ4v) is 4.17. The van der Waals surface area contributed by atoms with E-state index in [1.54, 1.807) is 0 Å². The van der Waals surface area contributed by atoms with E-state index in [4.69, 9.17) is 0 Å². The Bertz CT molecular complexity index is 299. The molecular formula is C18H38N2O+. The number of piperidine rings is 1. The minimum Gasteiger partial charge on any atom is -0.323 e. The van der Waals surface area contributed by atoms with Crippen LogP contribution in [0.2, 0.25) is 0 Å². The highest BCUT2D eigenvalue weighted by molar-refractivity contribution is 4.96. The Kier molecular flexibility index (Phi) is 6.28. The zero-order chi connectivity index (χ0) is 16.3. The standard InChI is InChI=1S/C18H38N2O/c1-8-10-12-20(7,13-11-9-2)16-14-17(3,4)19(21)18(5,6)15-16/h16H,8-15H2,1-7H3/q+1. The van der Waals surface area contributed by atoms with Crippen molar-refractivity contribution >= 4 is 0 Å². The van der Waals surface area contributed by atoms with Gasteiger partial charge in [-0.2, -0.15) is 0 Å². The van der Waals surface area contributed by atoms with Crippen molar-refractivity contribution in [3.63, 3.8) is 0 Å². The molecule has 125 valence electrons. The lowest BCUT2D eigenvalue weighted by Gasteiger charge is -2.54. The highest BCUT2D eigenvalue weighted by Gasteiger charge is 2.51. The number of hydrogen-bond acceptors (Lipinski definition) is 1. The van der Waals surface area contributed by atoms with Crippen LogP contribution in [0.1, 0.15) is 80.1 Å². The summed E-state index contributed by atoms with van der Waals surface area (Å²) in [5.74, 6) is 0. The van der Waals surface area contributed by atoms with Gasteiger partial charge in [0.1, 0.15) is 0 Å². The predicted molar refractivity (Wildman–Crippen MR) is 89.4 cm³/mol. The average molecular weight is 299 g/mol. The van der Waals surface area contributed by atoms with E-state index in [9.17, 15) is 5.21 Å². The van der Waals surface area contributed by atoms with Crippen LogP contribution < -0.4 is 0 Å². The third-order valence-electron chi connectivity index (χ3n) is 5.50. The molecule has 0 saturated carbocycles. The lowest BCUT2D eigenvalue weighted by molar-refractivity contribution is -0.937. The Hall–Kier alpha value is -0.120. The van der Waals surface area contributed by atoms with Crippen LogP contribution in [0.3, 0.4) is 0 Å². The zero-order valence-corrected chi connectivity index (χ0v) is 15.5. The minimum atomic E-state index is -0.246. The molecule has 1 aliphatic rings. The molecule has 1 heterocycles. The van der Waals surface area contributed by atoms with Gasteiger partial charge in [0.25, 0.3) is 0 Å². The number of quaternary nitrogens is 1. The first kappa shape index (κ1) is 18.9. The van der Waals surface area contributed by atoms with Crippen LogP contribution in [0.25, 0.3) is 0 Å². The van der Waals surface area contributed by atoms with Crippen molar-refractivity contribution in [2.24, 2.45) is 0 Å². The lowest BCUT2D eigenvalue weighted by atomic mass is 9.77. The molecule has 3 heteroatoms. The van der Waals surface area contributed by atoms with Gasteiger partial charge >= 0.3 is 0 Å². The molecule has 0 aromatic heterocycles. The topological polar surface area (TPSA) is 23.1 Å². The number of rotatable bonds is 7. The highest BCUT2D eigenvalue weighted by atomic mass is 16.5. The molecule has 1 rings (SSSR count). The molecule has 0 amide bonds. The summed E-state index contributed by atoms with van der Waals surface area (Å²) in [4.78, 5) is 0. The number of unbranched alkanes of at least 4 members (excludes halogenated alkanes) is 2. The van der Waals surface area contributed by atoms with E-state index >= 15 is 0 Å². The maximum absolute atomic E-state index is 12.6. The molecule has 0 atom stereocenters. The van der Waals surface area contributed by atoms with E-state index in [0.29, 0.717) is 6.04 Å². The van der Waals surface area contributed by atoms with Crippen molar-refractivity contribution < 1.29 is 9.69 Å². The second-order valence-corrected chi connectivity index (χ2v) is 8.62. The SMILES string of the molecule is CCCC[N+](C)(CCCC)C1CC(C)(C)N([O])C(C)(C)C1. The van der Waals surface area contributed by atoms with Crippen LogP contribution in [0.15, 0.2) is 0 Å². The molecule has 0 aliphatic carbocycles. The first-order chi connectivity index (χ1) is 9.59. The molecule has 1 aliphatic heterocycles. The summed E-state index contributed by atoms with van der Waals surface area (Å²) >= 11 is 0. The van der Waals surface area contributed by atoms with Gasteiger partial charge in [-0.1, -0.05) is 26.7 Å². The quantitative estimate of drug-likeness (QED) is 0.639. The molecule has 0 aromatic rings. The second kappa shape index (κ2) is 6.97. The van der Waals surface area contributed by atoms with Gasteiger partial charge in [-0.15, -0.1) is 10.3 Å². The normalized spacial score (nSPS) is 23.4. The van der Waals surface area contributed by atoms with Crippen LogP contribution in [-0.2, 0) is 5.21 Å². The van der Waals surface area contributed by atoms with Gasteiger partial charge < -0.3 is 4.48 Å². The number of nitrogens with zero attached hydrogens (tertiary/aromatic N) is 2. The molecule has 0 unspecified atom stereocenters. The largest absolute Gasteiger partial charge is 0.323 e. The molecule has 1 saturated heterocycles. The highest BCUT2D eigenvalue weighted by Crippen LogP contribution is 2.41. The van der Waals surface area contributed by atoms with Crippen LogP contribution >= 0.6 is 0 Å². The molecule has 1 fully saturated rings. The van der Waals surface area contributed by atoms with E-state index < -0.39 is 0 Å². The molecule has 0 aromatic carbocycles. The van der Waals surface area contributed by atoms with Gasteiger partial charge in [0, 0.05) is 23.9 Å². The third-order valence-corrected chi connectivity index (χ3v) is 5.50. The summed E-state index contributed by atoms with van der Waals surface area (Å²) in [5.41, 5.74) is -0.491. The summed E-state index contributed by atoms with van der Waals surface area (Å²) in [6.07, 6.45) is 7.13. The van der Waals surface area contributed by atoms with Gasteiger partial charge in [-0.3, -0.25) is 0 Å². The van der Waals surface area contributed by atoms with E-state index in [1.165, 1.54) is 43.8 Å². The average Bonchev–Trinajstić information content (AvgIpc) is 2.39. The summed E-state index contributed by atoms with van der Waals surface area (Å²) in [5, 5.41) is 13.9. The smallest absolute Gasteiger partial charge is 0.0925 e. The Morgan fingerprint density at radius 1 is 0.952 bits per heavy atom. The van der Waals surface area contributed by atoms with Gasteiger partial charge in [-0.25, -0.2) is 0 Å². The summed E-state index contributed by atoms with van der Waals surface area (Å²) in [7, 11) is 2.43. The van der Waals surface area contributed by atoms with Crippen LogP contribution in [-0.4, -0.2) is 46.8 Å². The lowest BCUT2D eigenvalue weighted by Crippen LogP contribution is -2.66. The first-order valence-corrected chi connectivity index (χ1v) is 8.91. The molecule has 0 spiro atoms. The minimum absolute atomic E-state index is 0.246. The Labute approximate surface area is 132 Å². The van der Waals surface area contributed by atoms with Crippen molar-refractivity contribution in [2.45, 2.75) is 97.2 Å². The fraction of sp³-hybridized carbons (Fsp3) is 1.00. The Balaban J connectivity index is 2.96. The van der Waals surface area contributed by atoms with Crippen LogP contribution in [0.4, 0.5) is 0 Å². The van der Waals surface area contributed by atoms with Gasteiger partial charge in [0.05, 0.1) is 26.2 Å². The molecule has 0 N–H and O–H groups in total. The van der Waals surface area contributed by atoms with Crippen molar-refractivity contribution in [3.05, 3.63) is 0 Å². The van der Waals surface area contributed by atoms with Gasteiger partial charge in [0.2, 0.25) is 0 Å². The maximum atomic E-state index is 12.6. The van der Waals surface area contributed by atoms with E-state index in [0.717, 1.165) is 17.3 Å². The van der Waals surface area contributed by atoms with Crippen molar-refractivity contribution in [1.29, 1.82) is 0 Å². The zero-order valence-electron chi connectivity index (χ0n) is 15.5. The van der Waals surface area contributed by atoms with E-state index in [1.807, 2.05) is 0 Å². The van der Waals surface area contributed by atoms with Crippen LogP contribution in [0, 0.1) is 0 Å². The van der Waals surface area contributed by atoms with Crippen molar-refractivity contribution in [1.82, 2.24) is 5.06 Å². The Morgan fingerprint density at radius 3 is 1.67 bits per heavy atom. The van der Waals surface area contributed by atoms with Crippen molar-refractivity contribution in [2.75, 3.05) is 20.1 Å². The summed E-state index contributed by atoms with van der Waals surface area (Å²) in [6, 6.07) is 0.610. The molecule has 3 nitrogen and oxygen atoms in total. The predicted octanol–water partition coefficient (Wildman–Crippen LogP) is 4.40. The monoisotopic (exact) mass is 298 g/mol. The molecule has 0 bridgehead atoms. The van der Waals surface area contributed by atoms with E-state index in [-0.39, 0.29) is 11.1 Å². The molecule has 1 radical (unpaired) electrons. The van der Waals surface area contributed by atoms with Gasteiger partial charge in [-0.05, 0) is 40.5 Å².